The number of methoxy groups -OCH3 is 2. The minimum Gasteiger partial charge on any atom is -0.496 e. The zero-order chi connectivity index (χ0) is 16.4. The molecule has 1 fully saturated rings. The van der Waals surface area contributed by atoms with Gasteiger partial charge in [-0.2, -0.15) is 0 Å². The highest BCUT2D eigenvalue weighted by Gasteiger charge is 2.36. The monoisotopic (exact) mass is 321 g/mol. The van der Waals surface area contributed by atoms with E-state index in [4.69, 9.17) is 9.47 Å². The lowest BCUT2D eigenvalue weighted by Gasteiger charge is -2.16. The molecule has 2 amide bonds. The molecule has 5 nitrogen and oxygen atoms in total. The Morgan fingerprint density at radius 2 is 1.86 bits per heavy atom. The van der Waals surface area contributed by atoms with Crippen LogP contribution in [0.15, 0.2) is 17.0 Å². The van der Waals surface area contributed by atoms with Gasteiger partial charge in [0.15, 0.2) is 0 Å². The van der Waals surface area contributed by atoms with Crippen molar-refractivity contribution in [2.24, 2.45) is 0 Å². The summed E-state index contributed by atoms with van der Waals surface area (Å²) in [6, 6.07) is 3.47. The molecule has 1 saturated heterocycles. The normalized spacial score (nSPS) is 16.8. The van der Waals surface area contributed by atoms with E-state index in [0.717, 1.165) is 22.9 Å². The Kier molecular flexibility index (Phi) is 4.81. The Hall–Kier alpha value is -1.95. The SMILES string of the molecule is COc1ccc(/C=C2\SC(=O)N(C(C)C)C2=O)c(OC)c1C. The molecular weight excluding hydrogens is 302 g/mol. The number of carbonyl (C=O) groups excluding carboxylic acids is 2. The molecular formula is C16H19NO4S. The summed E-state index contributed by atoms with van der Waals surface area (Å²) in [6.07, 6.45) is 1.69. The van der Waals surface area contributed by atoms with Crippen LogP contribution in [-0.2, 0) is 4.79 Å². The number of hydrogen-bond donors (Lipinski definition) is 0. The maximum absolute atomic E-state index is 12.3. The van der Waals surface area contributed by atoms with Gasteiger partial charge in [0, 0.05) is 17.2 Å². The van der Waals surface area contributed by atoms with E-state index < -0.39 is 0 Å². The van der Waals surface area contributed by atoms with Crippen LogP contribution in [0.1, 0.15) is 25.0 Å². The van der Waals surface area contributed by atoms with Gasteiger partial charge in [-0.3, -0.25) is 14.5 Å². The Morgan fingerprint density at radius 1 is 1.18 bits per heavy atom. The zero-order valence-corrected chi connectivity index (χ0v) is 14.1. The minimum atomic E-state index is -0.263. The molecule has 6 heteroatoms. The van der Waals surface area contributed by atoms with E-state index in [1.54, 1.807) is 20.3 Å². The van der Waals surface area contributed by atoms with Gasteiger partial charge in [0.2, 0.25) is 0 Å². The molecule has 0 N–H and O–H groups in total. The molecule has 1 aliphatic heterocycles. The summed E-state index contributed by atoms with van der Waals surface area (Å²) in [7, 11) is 3.16. The number of benzene rings is 1. The van der Waals surface area contributed by atoms with Crippen LogP contribution >= 0.6 is 11.8 Å². The molecule has 0 saturated carbocycles. The minimum absolute atomic E-state index is 0.155. The lowest BCUT2D eigenvalue weighted by atomic mass is 10.1. The van der Waals surface area contributed by atoms with E-state index in [2.05, 4.69) is 0 Å². The van der Waals surface area contributed by atoms with E-state index in [1.807, 2.05) is 32.9 Å². The van der Waals surface area contributed by atoms with Gasteiger partial charge in [-0.1, -0.05) is 0 Å². The van der Waals surface area contributed by atoms with Crippen LogP contribution in [0.3, 0.4) is 0 Å². The summed E-state index contributed by atoms with van der Waals surface area (Å²) < 4.78 is 10.7. The number of carbonyl (C=O) groups is 2. The Morgan fingerprint density at radius 3 is 2.36 bits per heavy atom. The number of imide groups is 1. The third-order valence-corrected chi connectivity index (χ3v) is 4.32. The second-order valence-corrected chi connectivity index (χ2v) is 6.15. The van der Waals surface area contributed by atoms with Crippen molar-refractivity contribution < 1.29 is 19.1 Å². The first-order chi connectivity index (χ1) is 10.4. The second-order valence-electron chi connectivity index (χ2n) is 5.16. The maximum Gasteiger partial charge on any atom is 0.293 e. The number of rotatable bonds is 4. The van der Waals surface area contributed by atoms with Crippen LogP contribution in [0.4, 0.5) is 4.79 Å². The van der Waals surface area contributed by atoms with Crippen LogP contribution in [0, 0.1) is 6.92 Å². The fourth-order valence-electron chi connectivity index (χ4n) is 2.37. The second kappa shape index (κ2) is 6.44. The summed E-state index contributed by atoms with van der Waals surface area (Å²) in [4.78, 5) is 25.9. The average Bonchev–Trinajstić information content (AvgIpc) is 2.74. The van der Waals surface area contributed by atoms with Gasteiger partial charge in [-0.05, 0) is 50.7 Å². The zero-order valence-electron chi connectivity index (χ0n) is 13.3. The molecule has 1 aliphatic rings. The van der Waals surface area contributed by atoms with E-state index in [9.17, 15) is 9.59 Å². The number of nitrogens with zero attached hydrogens (tertiary/aromatic N) is 1. The van der Waals surface area contributed by atoms with E-state index in [0.29, 0.717) is 16.4 Å². The standard InChI is InChI=1S/C16H19NO4S/c1-9(2)17-15(18)13(22-16(17)19)8-11-6-7-12(20-4)10(3)14(11)21-5/h6-9H,1-5H3/b13-8-. The summed E-state index contributed by atoms with van der Waals surface area (Å²) in [6.45, 7) is 5.52. The lowest BCUT2D eigenvalue weighted by Crippen LogP contribution is -2.34. The van der Waals surface area contributed by atoms with Crippen molar-refractivity contribution in [1.82, 2.24) is 4.90 Å². The van der Waals surface area contributed by atoms with Gasteiger partial charge in [0.1, 0.15) is 11.5 Å². The molecule has 0 aliphatic carbocycles. The molecule has 0 unspecified atom stereocenters. The Balaban J connectivity index is 2.44. The van der Waals surface area contributed by atoms with Crippen LogP contribution in [0.2, 0.25) is 0 Å². The molecule has 0 atom stereocenters. The first kappa shape index (κ1) is 16.4. The molecule has 1 heterocycles. The third kappa shape index (κ3) is 2.83. The van der Waals surface area contributed by atoms with Gasteiger partial charge in [0.25, 0.3) is 11.1 Å². The molecule has 22 heavy (non-hydrogen) atoms. The summed E-state index contributed by atoms with van der Waals surface area (Å²) in [5.74, 6) is 1.08. The summed E-state index contributed by atoms with van der Waals surface area (Å²) in [5.41, 5.74) is 1.59. The topological polar surface area (TPSA) is 55.8 Å². The van der Waals surface area contributed by atoms with Crippen molar-refractivity contribution in [2.45, 2.75) is 26.8 Å². The van der Waals surface area contributed by atoms with E-state index >= 15 is 0 Å². The van der Waals surface area contributed by atoms with Crippen molar-refractivity contribution in [1.29, 1.82) is 0 Å². The lowest BCUT2D eigenvalue weighted by molar-refractivity contribution is -0.123. The van der Waals surface area contributed by atoms with Crippen molar-refractivity contribution in [3.63, 3.8) is 0 Å². The summed E-state index contributed by atoms with van der Waals surface area (Å²) in [5, 5.41) is -0.240. The highest BCUT2D eigenvalue weighted by atomic mass is 32.2. The Bertz CT molecular complexity index is 652. The van der Waals surface area contributed by atoms with Gasteiger partial charge in [-0.15, -0.1) is 0 Å². The fraction of sp³-hybridized carbons (Fsp3) is 0.375. The van der Waals surface area contributed by atoms with Crippen molar-refractivity contribution in [3.05, 3.63) is 28.2 Å². The number of amides is 2. The first-order valence-electron chi connectivity index (χ1n) is 6.89. The Labute approximate surface area is 134 Å². The van der Waals surface area contributed by atoms with Crippen molar-refractivity contribution in [3.8, 4) is 11.5 Å². The molecule has 0 aromatic heterocycles. The highest BCUT2D eigenvalue weighted by molar-refractivity contribution is 8.18. The van der Waals surface area contributed by atoms with Gasteiger partial charge in [-0.25, -0.2) is 0 Å². The van der Waals surface area contributed by atoms with Crippen LogP contribution in [0.25, 0.3) is 6.08 Å². The van der Waals surface area contributed by atoms with Gasteiger partial charge >= 0.3 is 0 Å². The van der Waals surface area contributed by atoms with Crippen LogP contribution in [0.5, 0.6) is 11.5 Å². The maximum atomic E-state index is 12.3. The van der Waals surface area contributed by atoms with Crippen molar-refractivity contribution in [2.75, 3.05) is 14.2 Å². The van der Waals surface area contributed by atoms with Crippen LogP contribution < -0.4 is 9.47 Å². The number of hydrogen-bond acceptors (Lipinski definition) is 5. The first-order valence-corrected chi connectivity index (χ1v) is 7.71. The fourth-order valence-corrected chi connectivity index (χ4v) is 3.32. The predicted molar refractivity (Wildman–Crippen MR) is 87.2 cm³/mol. The predicted octanol–water partition coefficient (Wildman–Crippen LogP) is 3.46. The molecule has 0 radical (unpaired) electrons. The quantitative estimate of drug-likeness (QED) is 0.795. The smallest absolute Gasteiger partial charge is 0.293 e. The highest BCUT2D eigenvalue weighted by Crippen LogP contribution is 2.37. The van der Waals surface area contributed by atoms with E-state index in [1.165, 1.54) is 4.90 Å². The largest absolute Gasteiger partial charge is 0.496 e. The van der Waals surface area contributed by atoms with Crippen LogP contribution in [-0.4, -0.2) is 36.3 Å². The molecule has 0 bridgehead atoms. The van der Waals surface area contributed by atoms with Gasteiger partial charge < -0.3 is 9.47 Å². The molecule has 1 aromatic carbocycles. The van der Waals surface area contributed by atoms with Crippen molar-refractivity contribution >= 4 is 29.0 Å². The summed E-state index contributed by atoms with van der Waals surface area (Å²) >= 11 is 0.952. The van der Waals surface area contributed by atoms with E-state index in [-0.39, 0.29) is 17.2 Å². The molecule has 2 rings (SSSR count). The molecule has 1 aromatic rings. The average molecular weight is 321 g/mol. The molecule has 0 spiro atoms. The third-order valence-electron chi connectivity index (χ3n) is 3.44. The number of thioether (sulfide) groups is 1. The molecule has 118 valence electrons. The number of ether oxygens (including phenoxy) is 2. The van der Waals surface area contributed by atoms with Gasteiger partial charge in [0.05, 0.1) is 19.1 Å².